The van der Waals surface area contributed by atoms with E-state index < -0.39 is 5.60 Å². The number of amides is 1. The van der Waals surface area contributed by atoms with Crippen molar-refractivity contribution < 1.29 is 18.8 Å². The molecule has 0 atom stereocenters. The Hall–Kier alpha value is -1.99. The van der Waals surface area contributed by atoms with Gasteiger partial charge in [-0.2, -0.15) is 0 Å². The topological polar surface area (TPSA) is 69.8 Å². The van der Waals surface area contributed by atoms with E-state index in [1.807, 2.05) is 6.92 Å². The molecule has 1 N–H and O–H groups in total. The fourth-order valence-electron chi connectivity index (χ4n) is 3.71. The second kappa shape index (κ2) is 7.94. The van der Waals surface area contributed by atoms with Crippen molar-refractivity contribution in [1.29, 1.82) is 0 Å². The molecule has 148 valence electrons. The second-order valence-electron chi connectivity index (χ2n) is 7.77. The average molecular weight is 377 g/mol. The van der Waals surface area contributed by atoms with E-state index in [-0.39, 0.29) is 11.7 Å². The van der Waals surface area contributed by atoms with Crippen molar-refractivity contribution in [2.45, 2.75) is 45.1 Å². The zero-order chi connectivity index (χ0) is 19.6. The highest BCUT2D eigenvalue weighted by Crippen LogP contribution is 2.32. The Labute approximate surface area is 158 Å². The number of hydrogen-bond acceptors (Lipinski definition) is 5. The van der Waals surface area contributed by atoms with Gasteiger partial charge in [-0.15, -0.1) is 0 Å². The summed E-state index contributed by atoms with van der Waals surface area (Å²) in [4.78, 5) is 16.3. The maximum atomic E-state index is 13.3. The molecule has 7 heteroatoms. The summed E-state index contributed by atoms with van der Waals surface area (Å²) >= 11 is 0. The summed E-state index contributed by atoms with van der Waals surface area (Å²) < 4.78 is 18.6. The predicted molar refractivity (Wildman–Crippen MR) is 101 cm³/mol. The Kier molecular flexibility index (Phi) is 5.81. The highest BCUT2D eigenvalue weighted by molar-refractivity contribution is 5.84. The molecule has 2 heterocycles. The van der Waals surface area contributed by atoms with Crippen molar-refractivity contribution in [3.8, 4) is 0 Å². The molecule has 0 radical (unpaired) electrons. The van der Waals surface area contributed by atoms with E-state index in [1.54, 1.807) is 11.0 Å². The van der Waals surface area contributed by atoms with Gasteiger partial charge in [-0.3, -0.25) is 4.79 Å². The lowest BCUT2D eigenvalue weighted by molar-refractivity contribution is -0.147. The summed E-state index contributed by atoms with van der Waals surface area (Å²) in [6.07, 6.45) is 1.90. The van der Waals surface area contributed by atoms with E-state index in [4.69, 9.17) is 4.52 Å². The number of aliphatic hydroxyl groups is 1. The summed E-state index contributed by atoms with van der Waals surface area (Å²) in [5.74, 6) is -0.254. The predicted octanol–water partition coefficient (Wildman–Crippen LogP) is 2.77. The minimum atomic E-state index is -1.34. The van der Waals surface area contributed by atoms with Crippen LogP contribution in [0.3, 0.4) is 0 Å². The Morgan fingerprint density at radius 2 is 2.11 bits per heavy atom. The van der Waals surface area contributed by atoms with Crippen LogP contribution in [-0.2, 0) is 4.79 Å². The van der Waals surface area contributed by atoms with Crippen LogP contribution in [-0.4, -0.2) is 64.3 Å². The molecule has 1 aromatic heterocycles. The molecule has 0 unspecified atom stereocenters. The highest BCUT2D eigenvalue weighted by atomic mass is 19.1. The van der Waals surface area contributed by atoms with Gasteiger partial charge in [0.05, 0.1) is 5.69 Å². The molecular formula is C20H28FN3O3. The number of likely N-dealkylation sites (N-methyl/N-ethyl adjacent to an activating group) is 1. The van der Waals surface area contributed by atoms with Crippen LogP contribution in [0.4, 0.5) is 4.39 Å². The van der Waals surface area contributed by atoms with Crippen LogP contribution in [0.15, 0.2) is 22.7 Å². The minimum absolute atomic E-state index is 0.235. The summed E-state index contributed by atoms with van der Waals surface area (Å²) in [6, 6.07) is 4.56. The molecule has 1 amide bonds. The van der Waals surface area contributed by atoms with Gasteiger partial charge in [0.2, 0.25) is 0 Å². The first kappa shape index (κ1) is 19.8. The Morgan fingerprint density at radius 1 is 1.41 bits per heavy atom. The normalized spacial score (nSPS) is 16.8. The molecule has 0 aliphatic carbocycles. The molecule has 27 heavy (non-hydrogen) atoms. The standard InChI is InChI=1S/C20H28FN3O3/c1-4-24(19(25)20(2,3)26)12-11-23-9-7-14(8-10-23)18-16-6-5-15(21)13-17(16)27-22-18/h5-6,13-14,26H,4,7-12H2,1-3H3. The van der Waals surface area contributed by atoms with Crippen LogP contribution in [0.5, 0.6) is 0 Å². The lowest BCUT2D eigenvalue weighted by Crippen LogP contribution is -2.48. The van der Waals surface area contributed by atoms with Gasteiger partial charge in [0.25, 0.3) is 5.91 Å². The van der Waals surface area contributed by atoms with E-state index in [0.717, 1.165) is 43.6 Å². The van der Waals surface area contributed by atoms with Crippen molar-refractivity contribution in [3.05, 3.63) is 29.7 Å². The van der Waals surface area contributed by atoms with E-state index >= 15 is 0 Å². The molecule has 2 aromatic rings. The van der Waals surface area contributed by atoms with Gasteiger partial charge in [0.15, 0.2) is 5.58 Å². The first-order valence-corrected chi connectivity index (χ1v) is 9.58. The van der Waals surface area contributed by atoms with Crippen LogP contribution < -0.4 is 0 Å². The molecule has 3 rings (SSSR count). The van der Waals surface area contributed by atoms with E-state index in [0.29, 0.717) is 24.6 Å². The number of aromatic nitrogens is 1. The van der Waals surface area contributed by atoms with Gasteiger partial charge in [0.1, 0.15) is 11.4 Å². The quantitative estimate of drug-likeness (QED) is 0.838. The van der Waals surface area contributed by atoms with Crippen LogP contribution >= 0.6 is 0 Å². The number of likely N-dealkylation sites (tertiary alicyclic amines) is 1. The molecule has 0 spiro atoms. The summed E-state index contributed by atoms with van der Waals surface area (Å²) in [6.45, 7) is 8.77. The zero-order valence-corrected chi connectivity index (χ0v) is 16.2. The molecule has 0 bridgehead atoms. The molecule has 1 saturated heterocycles. The zero-order valence-electron chi connectivity index (χ0n) is 16.2. The van der Waals surface area contributed by atoms with Gasteiger partial charge in [0, 0.05) is 37.0 Å². The number of carbonyl (C=O) groups excluding carboxylic acids is 1. The van der Waals surface area contributed by atoms with E-state index in [9.17, 15) is 14.3 Å². The summed E-state index contributed by atoms with van der Waals surface area (Å²) in [5.41, 5.74) is 0.0735. The third kappa shape index (κ3) is 4.47. The molecule has 6 nitrogen and oxygen atoms in total. The third-order valence-electron chi connectivity index (χ3n) is 5.31. The number of piperidine rings is 1. The number of fused-ring (bicyclic) bond motifs is 1. The molecule has 1 aromatic carbocycles. The fraction of sp³-hybridized carbons (Fsp3) is 0.600. The summed E-state index contributed by atoms with van der Waals surface area (Å²) in [7, 11) is 0. The van der Waals surface area contributed by atoms with Gasteiger partial charge in [-0.05, 0) is 58.8 Å². The van der Waals surface area contributed by atoms with Crippen molar-refractivity contribution in [2.75, 3.05) is 32.7 Å². The smallest absolute Gasteiger partial charge is 0.253 e. The molecule has 0 saturated carbocycles. The fourth-order valence-corrected chi connectivity index (χ4v) is 3.71. The lowest BCUT2D eigenvalue weighted by atomic mass is 9.91. The first-order chi connectivity index (χ1) is 12.8. The third-order valence-corrected chi connectivity index (χ3v) is 5.31. The Morgan fingerprint density at radius 3 is 2.74 bits per heavy atom. The first-order valence-electron chi connectivity index (χ1n) is 9.58. The molecule has 1 aliphatic heterocycles. The van der Waals surface area contributed by atoms with E-state index in [1.165, 1.54) is 26.0 Å². The van der Waals surface area contributed by atoms with Gasteiger partial charge >= 0.3 is 0 Å². The van der Waals surface area contributed by atoms with Crippen molar-refractivity contribution in [1.82, 2.24) is 15.0 Å². The minimum Gasteiger partial charge on any atom is -0.381 e. The molecule has 1 fully saturated rings. The Balaban J connectivity index is 1.55. The van der Waals surface area contributed by atoms with E-state index in [2.05, 4.69) is 10.1 Å². The maximum absolute atomic E-state index is 13.3. The average Bonchev–Trinajstić information content (AvgIpc) is 3.04. The SMILES string of the molecule is CCN(CCN1CCC(c2noc3cc(F)ccc23)CC1)C(=O)C(C)(C)O. The number of rotatable bonds is 6. The molecular weight excluding hydrogens is 349 g/mol. The monoisotopic (exact) mass is 377 g/mol. The highest BCUT2D eigenvalue weighted by Gasteiger charge is 2.29. The number of hydrogen-bond donors (Lipinski definition) is 1. The van der Waals surface area contributed by atoms with Crippen molar-refractivity contribution >= 4 is 16.9 Å². The van der Waals surface area contributed by atoms with Crippen molar-refractivity contribution in [2.24, 2.45) is 0 Å². The largest absolute Gasteiger partial charge is 0.381 e. The molecule has 1 aliphatic rings. The second-order valence-corrected chi connectivity index (χ2v) is 7.77. The number of benzene rings is 1. The van der Waals surface area contributed by atoms with Crippen molar-refractivity contribution in [3.63, 3.8) is 0 Å². The Bertz CT molecular complexity index is 791. The van der Waals surface area contributed by atoms with Crippen LogP contribution in [0.2, 0.25) is 0 Å². The maximum Gasteiger partial charge on any atom is 0.253 e. The summed E-state index contributed by atoms with van der Waals surface area (Å²) in [5, 5.41) is 15.0. The number of carbonyl (C=O) groups is 1. The lowest BCUT2D eigenvalue weighted by Gasteiger charge is -2.34. The van der Waals surface area contributed by atoms with Crippen LogP contribution in [0, 0.1) is 5.82 Å². The van der Waals surface area contributed by atoms with Gasteiger partial charge in [-0.1, -0.05) is 5.16 Å². The van der Waals surface area contributed by atoms with Crippen LogP contribution in [0.1, 0.15) is 45.2 Å². The van der Waals surface area contributed by atoms with Gasteiger partial charge < -0.3 is 19.4 Å². The number of halogens is 1. The van der Waals surface area contributed by atoms with Crippen LogP contribution in [0.25, 0.3) is 11.0 Å². The number of nitrogens with zero attached hydrogens (tertiary/aromatic N) is 3. The van der Waals surface area contributed by atoms with Gasteiger partial charge in [-0.25, -0.2) is 4.39 Å².